The van der Waals surface area contributed by atoms with Gasteiger partial charge in [0.15, 0.2) is 0 Å². The van der Waals surface area contributed by atoms with Crippen molar-refractivity contribution in [3.8, 4) is 0 Å². The van der Waals surface area contributed by atoms with Crippen molar-refractivity contribution in [1.29, 1.82) is 0 Å². The Bertz CT molecular complexity index is 130. The van der Waals surface area contributed by atoms with Crippen LogP contribution in [0.3, 0.4) is 0 Å². The third-order valence-electron chi connectivity index (χ3n) is 0. The molecular formula is IKMgO7S. The molecule has 0 aliphatic heterocycles. The summed E-state index contributed by atoms with van der Waals surface area (Å²) in [6.45, 7) is 0. The normalized spacial score (nSPS) is 8.55. The summed E-state index contributed by atoms with van der Waals surface area (Å²) < 4.78 is 59.8. The van der Waals surface area contributed by atoms with E-state index in [-0.39, 0.29) is 74.4 Å². The van der Waals surface area contributed by atoms with Gasteiger partial charge in [0.25, 0.3) is 21.1 Å². The first kappa shape index (κ1) is 23.6. The number of hydrogen-bond donors (Lipinski definition) is 0. The third-order valence-corrected chi connectivity index (χ3v) is 0. The average Bonchev–Trinajstić information content (AvgIpc) is 1.19. The summed E-state index contributed by atoms with van der Waals surface area (Å²) in [6, 6.07) is 0. The molecule has 0 unspecified atom stereocenters. The molecule has 0 saturated heterocycles. The second-order valence-electron chi connectivity index (χ2n) is 0.597. The van der Waals surface area contributed by atoms with Crippen LogP contribution in [0.5, 0.6) is 0 Å². The maximum atomic E-state index is 8.57. The summed E-state index contributed by atoms with van der Waals surface area (Å²) in [5, 5.41) is 0. The van der Waals surface area contributed by atoms with Gasteiger partial charge in [-0.3, -0.25) is 8.42 Å². The van der Waals surface area contributed by atoms with Gasteiger partial charge >= 0.3 is 74.4 Å². The van der Waals surface area contributed by atoms with Gasteiger partial charge in [-0.25, -0.2) is 0 Å². The van der Waals surface area contributed by atoms with Crippen LogP contribution >= 0.6 is 0 Å². The molecule has 11 heteroatoms. The molecule has 0 bridgehead atoms. The maximum Gasteiger partial charge on any atom is 2.00 e. The minimum atomic E-state index is -5.17. The van der Waals surface area contributed by atoms with Gasteiger partial charge in [0, 0.05) is 10.4 Å². The van der Waals surface area contributed by atoms with E-state index in [1.165, 1.54) is 0 Å². The Morgan fingerprint density at radius 1 is 1.00 bits per heavy atom. The fraction of sp³-hybridized carbons (Fsp3) is 0. The van der Waals surface area contributed by atoms with E-state index in [2.05, 4.69) is 0 Å². The zero-order valence-electron chi connectivity index (χ0n) is 5.35. The molecule has 0 aliphatic rings. The molecule has 0 saturated carbocycles. The van der Waals surface area contributed by atoms with Crippen molar-refractivity contribution < 1.29 is 100 Å². The number of halogens is 1. The van der Waals surface area contributed by atoms with E-state index in [1.54, 1.807) is 0 Å². The SMILES string of the molecule is O=S(=O)([O-])[O-].[K+].[Mg+2].[O-][I+2]([O-])[O-]. The van der Waals surface area contributed by atoms with Gasteiger partial charge < -0.3 is 19.4 Å². The van der Waals surface area contributed by atoms with Crippen molar-refractivity contribution in [2.24, 2.45) is 0 Å². The van der Waals surface area contributed by atoms with Gasteiger partial charge in [-0.05, 0) is 0 Å². The summed E-state index contributed by atoms with van der Waals surface area (Å²) in [5.41, 5.74) is 0. The molecule has 0 spiro atoms. The van der Waals surface area contributed by atoms with Crippen LogP contribution < -0.4 is 82.8 Å². The van der Waals surface area contributed by atoms with Crippen LogP contribution in [0.15, 0.2) is 0 Å². The van der Waals surface area contributed by atoms with E-state index in [4.69, 9.17) is 27.8 Å². The third kappa shape index (κ3) is 184. The molecule has 0 heterocycles. The zero-order valence-corrected chi connectivity index (χ0v) is 12.9. The van der Waals surface area contributed by atoms with E-state index in [1.807, 2.05) is 0 Å². The van der Waals surface area contributed by atoms with Crippen LogP contribution in [0.25, 0.3) is 0 Å². The molecule has 0 amide bonds. The molecule has 58 valence electrons. The van der Waals surface area contributed by atoms with Crippen LogP contribution in [0.1, 0.15) is 0 Å². The van der Waals surface area contributed by atoms with Crippen molar-refractivity contribution in [1.82, 2.24) is 0 Å². The Hall–Kier alpha value is 2.88. The van der Waals surface area contributed by atoms with E-state index in [0.29, 0.717) is 0 Å². The summed E-state index contributed by atoms with van der Waals surface area (Å²) in [7, 11) is -5.17. The Morgan fingerprint density at radius 3 is 1.00 bits per heavy atom. The fourth-order valence-corrected chi connectivity index (χ4v) is 0. The minimum absolute atomic E-state index is 0. The molecule has 0 aromatic heterocycles. The number of rotatable bonds is 0. The van der Waals surface area contributed by atoms with Crippen molar-refractivity contribution in [2.45, 2.75) is 0 Å². The topological polar surface area (TPSA) is 149 Å². The number of hydrogen-bond acceptors (Lipinski definition) is 7. The molecular weight excluding hydrogens is 334 g/mol. The van der Waals surface area contributed by atoms with Gasteiger partial charge in [-0.1, -0.05) is 0 Å². The molecule has 0 aromatic carbocycles. The van der Waals surface area contributed by atoms with Crippen molar-refractivity contribution in [3.63, 3.8) is 0 Å². The molecule has 0 rings (SSSR count). The van der Waals surface area contributed by atoms with Crippen molar-refractivity contribution in [2.75, 3.05) is 0 Å². The van der Waals surface area contributed by atoms with E-state index < -0.39 is 31.5 Å². The van der Waals surface area contributed by atoms with Crippen LogP contribution in [0.4, 0.5) is 0 Å². The Balaban J connectivity index is -0.0000000383. The van der Waals surface area contributed by atoms with E-state index >= 15 is 0 Å². The maximum absolute atomic E-state index is 8.57. The molecule has 0 N–H and O–H groups in total. The van der Waals surface area contributed by atoms with E-state index in [0.717, 1.165) is 0 Å². The van der Waals surface area contributed by atoms with Gasteiger partial charge in [-0.2, -0.15) is 0 Å². The predicted octanol–water partition coefficient (Wildman–Crippen LogP) is -11.3. The van der Waals surface area contributed by atoms with Crippen molar-refractivity contribution >= 4 is 33.5 Å². The van der Waals surface area contributed by atoms with Gasteiger partial charge in [0.1, 0.15) is 0 Å². The second-order valence-corrected chi connectivity index (χ2v) is 2.49. The molecule has 0 radical (unpaired) electrons. The second kappa shape index (κ2) is 12.9. The van der Waals surface area contributed by atoms with Crippen LogP contribution in [-0.4, -0.2) is 40.6 Å². The van der Waals surface area contributed by atoms with Crippen LogP contribution in [0, 0.1) is 0 Å². The minimum Gasteiger partial charge on any atom is -0.759 e. The fourth-order valence-electron chi connectivity index (χ4n) is 0. The summed E-state index contributed by atoms with van der Waals surface area (Å²) in [5.74, 6) is 0. The standard InChI is InChI=1S/IO3.K.Mg.H2O4S/c2-1(3)4;;;1-5(2,3)4/h;;;(H2,1,2,3,4)/q-1;+1;+2;/p-2. The molecule has 0 fully saturated rings. The molecule has 0 aromatic rings. The molecule has 7 nitrogen and oxygen atoms in total. The van der Waals surface area contributed by atoms with Gasteiger partial charge in [0.05, 0.1) is 0 Å². The average molecular weight is 334 g/mol. The first-order valence-electron chi connectivity index (χ1n) is 1.13. The quantitative estimate of drug-likeness (QED) is 0.185. The monoisotopic (exact) mass is 334 g/mol. The molecule has 0 aliphatic carbocycles. The van der Waals surface area contributed by atoms with Crippen LogP contribution in [-0.2, 0) is 10.4 Å². The Labute approximate surface area is 131 Å². The van der Waals surface area contributed by atoms with Gasteiger partial charge in [0.2, 0.25) is 0 Å². The van der Waals surface area contributed by atoms with Gasteiger partial charge in [-0.15, -0.1) is 0 Å². The van der Waals surface area contributed by atoms with E-state index in [9.17, 15) is 0 Å². The molecule has 11 heavy (non-hydrogen) atoms. The Kier molecular flexibility index (Phi) is 27.6. The summed E-state index contributed by atoms with van der Waals surface area (Å²) in [4.78, 5) is 0. The zero-order chi connectivity index (χ0) is 8.08. The smallest absolute Gasteiger partial charge is 0.759 e. The largest absolute Gasteiger partial charge is 2.00 e. The van der Waals surface area contributed by atoms with Crippen molar-refractivity contribution in [3.05, 3.63) is 0 Å². The first-order valence-corrected chi connectivity index (χ1v) is 5.11. The first-order chi connectivity index (χ1) is 3.73. The Morgan fingerprint density at radius 2 is 1.00 bits per heavy atom. The summed E-state index contributed by atoms with van der Waals surface area (Å²) >= 11 is -4.01. The molecule has 0 atom stereocenters. The predicted molar refractivity (Wildman–Crippen MR) is 16.2 cm³/mol. The van der Waals surface area contributed by atoms with Crippen LogP contribution in [0.2, 0.25) is 0 Å². The summed E-state index contributed by atoms with van der Waals surface area (Å²) in [6.07, 6.45) is 0.